The van der Waals surface area contributed by atoms with Gasteiger partial charge in [-0.3, -0.25) is 0 Å². The summed E-state index contributed by atoms with van der Waals surface area (Å²) < 4.78 is 5.23. The summed E-state index contributed by atoms with van der Waals surface area (Å²) in [7, 11) is 0. The van der Waals surface area contributed by atoms with Crippen molar-refractivity contribution in [3.05, 3.63) is 17.5 Å². The minimum Gasteiger partial charge on any atom is -0.361 e. The molecule has 0 saturated carbocycles. The molecular formula is C11H19NO. The molecule has 0 aromatic carbocycles. The third kappa shape index (κ3) is 3.21. The molecule has 0 aliphatic heterocycles. The highest BCUT2D eigenvalue weighted by Gasteiger charge is 2.07. The van der Waals surface area contributed by atoms with Gasteiger partial charge < -0.3 is 4.52 Å². The van der Waals surface area contributed by atoms with Crippen LogP contribution in [0.4, 0.5) is 0 Å². The first-order valence-corrected chi connectivity index (χ1v) is 5.05. The van der Waals surface area contributed by atoms with Gasteiger partial charge in [-0.05, 0) is 18.3 Å². The molecule has 0 amide bonds. The summed E-state index contributed by atoms with van der Waals surface area (Å²) >= 11 is 0. The van der Waals surface area contributed by atoms with Gasteiger partial charge in [0.05, 0.1) is 5.69 Å². The molecule has 0 saturated heterocycles. The molecule has 2 nitrogen and oxygen atoms in total. The van der Waals surface area contributed by atoms with Crippen LogP contribution in [0.25, 0.3) is 0 Å². The van der Waals surface area contributed by atoms with Gasteiger partial charge in [0.2, 0.25) is 0 Å². The zero-order chi connectivity index (χ0) is 9.84. The topological polar surface area (TPSA) is 26.0 Å². The number of rotatable bonds is 4. The fourth-order valence-electron chi connectivity index (χ4n) is 1.15. The van der Waals surface area contributed by atoms with E-state index in [0.717, 1.165) is 23.8 Å². The zero-order valence-corrected chi connectivity index (χ0v) is 9.00. The second kappa shape index (κ2) is 4.45. The first-order chi connectivity index (χ1) is 6.09. The lowest BCUT2D eigenvalue weighted by Crippen LogP contribution is -1.90. The fraction of sp³-hybridized carbons (Fsp3) is 0.727. The highest BCUT2D eigenvalue weighted by molar-refractivity contribution is 5.08. The summed E-state index contributed by atoms with van der Waals surface area (Å²) in [5.74, 6) is 2.22. The van der Waals surface area contributed by atoms with Crippen molar-refractivity contribution >= 4 is 0 Å². The Morgan fingerprint density at radius 1 is 1.31 bits per heavy atom. The lowest BCUT2D eigenvalue weighted by atomic mass is 10.1. The van der Waals surface area contributed by atoms with E-state index >= 15 is 0 Å². The summed E-state index contributed by atoms with van der Waals surface area (Å²) in [5, 5.41) is 4.02. The molecule has 0 bridgehead atoms. The molecule has 74 valence electrons. The molecule has 0 unspecified atom stereocenters. The van der Waals surface area contributed by atoms with Crippen molar-refractivity contribution in [1.82, 2.24) is 5.16 Å². The van der Waals surface area contributed by atoms with Gasteiger partial charge in [-0.2, -0.15) is 0 Å². The normalized spacial score (nSPS) is 11.5. The van der Waals surface area contributed by atoms with Crippen LogP contribution in [0.2, 0.25) is 0 Å². The van der Waals surface area contributed by atoms with E-state index in [2.05, 4.69) is 38.9 Å². The highest BCUT2D eigenvalue weighted by atomic mass is 16.5. The maximum Gasteiger partial charge on any atom is 0.137 e. The van der Waals surface area contributed by atoms with E-state index in [1.54, 1.807) is 0 Å². The molecule has 0 aliphatic rings. The van der Waals surface area contributed by atoms with E-state index in [9.17, 15) is 0 Å². The van der Waals surface area contributed by atoms with Crippen molar-refractivity contribution < 1.29 is 4.52 Å². The van der Waals surface area contributed by atoms with E-state index in [-0.39, 0.29) is 0 Å². The summed E-state index contributed by atoms with van der Waals surface area (Å²) in [6.45, 7) is 8.70. The van der Waals surface area contributed by atoms with E-state index in [1.165, 1.54) is 6.42 Å². The molecule has 13 heavy (non-hydrogen) atoms. The number of aryl methyl sites for hydroxylation is 1. The van der Waals surface area contributed by atoms with Gasteiger partial charge in [0.1, 0.15) is 5.76 Å². The predicted octanol–water partition coefficient (Wildman–Crippen LogP) is 3.39. The Kier molecular flexibility index (Phi) is 3.52. The largest absolute Gasteiger partial charge is 0.361 e. The average molecular weight is 181 g/mol. The average Bonchev–Trinajstić information content (AvgIpc) is 2.48. The first-order valence-electron chi connectivity index (χ1n) is 5.05. The van der Waals surface area contributed by atoms with Gasteiger partial charge in [0, 0.05) is 12.5 Å². The molecule has 0 aliphatic carbocycles. The molecule has 2 heteroatoms. The van der Waals surface area contributed by atoms with Crippen LogP contribution < -0.4 is 0 Å². The van der Waals surface area contributed by atoms with Crippen LogP contribution in [0.1, 0.15) is 51.5 Å². The summed E-state index contributed by atoms with van der Waals surface area (Å²) in [5.41, 5.74) is 1.07. The minimum atomic E-state index is 0.469. The molecule has 0 fully saturated rings. The second-order valence-electron chi connectivity index (χ2n) is 4.31. The minimum absolute atomic E-state index is 0.469. The van der Waals surface area contributed by atoms with Crippen LogP contribution in [0.5, 0.6) is 0 Å². The lowest BCUT2D eigenvalue weighted by Gasteiger charge is -1.99. The fourth-order valence-corrected chi connectivity index (χ4v) is 1.15. The van der Waals surface area contributed by atoms with Crippen LogP contribution in [0.15, 0.2) is 10.6 Å². The Morgan fingerprint density at radius 3 is 2.46 bits per heavy atom. The molecule has 1 aromatic heterocycles. The Hall–Kier alpha value is -0.790. The summed E-state index contributed by atoms with van der Waals surface area (Å²) in [4.78, 5) is 0. The zero-order valence-electron chi connectivity index (χ0n) is 9.00. The highest BCUT2D eigenvalue weighted by Crippen LogP contribution is 2.16. The van der Waals surface area contributed by atoms with Gasteiger partial charge in [-0.25, -0.2) is 0 Å². The molecule has 0 spiro atoms. The van der Waals surface area contributed by atoms with Gasteiger partial charge in [-0.15, -0.1) is 0 Å². The van der Waals surface area contributed by atoms with Crippen LogP contribution in [0.3, 0.4) is 0 Å². The van der Waals surface area contributed by atoms with Crippen LogP contribution in [0, 0.1) is 5.92 Å². The van der Waals surface area contributed by atoms with Crippen molar-refractivity contribution in [3.63, 3.8) is 0 Å². The SMILES string of the molecule is CC(C)CCc1cc(C(C)C)no1. The summed E-state index contributed by atoms with van der Waals surface area (Å²) in [6.07, 6.45) is 2.18. The van der Waals surface area contributed by atoms with E-state index in [1.807, 2.05) is 0 Å². The van der Waals surface area contributed by atoms with Gasteiger partial charge >= 0.3 is 0 Å². The third-order valence-electron chi connectivity index (χ3n) is 2.14. The molecule has 1 heterocycles. The Bertz CT molecular complexity index is 250. The van der Waals surface area contributed by atoms with E-state index in [0.29, 0.717) is 5.92 Å². The van der Waals surface area contributed by atoms with Crippen molar-refractivity contribution in [3.8, 4) is 0 Å². The van der Waals surface area contributed by atoms with Gasteiger partial charge in [-0.1, -0.05) is 32.9 Å². The van der Waals surface area contributed by atoms with Crippen molar-refractivity contribution in [2.75, 3.05) is 0 Å². The molecule has 1 aromatic rings. The summed E-state index contributed by atoms with van der Waals surface area (Å²) in [6, 6.07) is 2.08. The van der Waals surface area contributed by atoms with E-state index < -0.39 is 0 Å². The Morgan fingerprint density at radius 2 is 2.00 bits per heavy atom. The lowest BCUT2D eigenvalue weighted by molar-refractivity contribution is 0.366. The molecule has 1 rings (SSSR count). The maximum atomic E-state index is 5.23. The van der Waals surface area contributed by atoms with Crippen molar-refractivity contribution in [2.24, 2.45) is 5.92 Å². The number of aromatic nitrogens is 1. The molecule has 0 radical (unpaired) electrons. The van der Waals surface area contributed by atoms with E-state index in [4.69, 9.17) is 4.52 Å². The van der Waals surface area contributed by atoms with Gasteiger partial charge in [0.25, 0.3) is 0 Å². The smallest absolute Gasteiger partial charge is 0.137 e. The number of hydrogen-bond donors (Lipinski definition) is 0. The third-order valence-corrected chi connectivity index (χ3v) is 2.14. The monoisotopic (exact) mass is 181 g/mol. The van der Waals surface area contributed by atoms with Crippen molar-refractivity contribution in [2.45, 2.75) is 46.5 Å². The molecular weight excluding hydrogens is 162 g/mol. The Balaban J connectivity index is 2.49. The maximum absolute atomic E-state index is 5.23. The number of hydrogen-bond acceptors (Lipinski definition) is 2. The molecule has 0 N–H and O–H groups in total. The predicted molar refractivity (Wildman–Crippen MR) is 53.8 cm³/mol. The van der Waals surface area contributed by atoms with Gasteiger partial charge in [0.15, 0.2) is 0 Å². The Labute approximate surface area is 80.3 Å². The van der Waals surface area contributed by atoms with Crippen LogP contribution in [-0.2, 0) is 6.42 Å². The van der Waals surface area contributed by atoms with Crippen LogP contribution >= 0.6 is 0 Å². The number of nitrogens with zero attached hydrogens (tertiary/aromatic N) is 1. The van der Waals surface area contributed by atoms with Crippen molar-refractivity contribution in [1.29, 1.82) is 0 Å². The van der Waals surface area contributed by atoms with Crippen LogP contribution in [-0.4, -0.2) is 5.16 Å². The molecule has 0 atom stereocenters. The standard InChI is InChI=1S/C11H19NO/c1-8(2)5-6-10-7-11(9(3)4)12-13-10/h7-9H,5-6H2,1-4H3. The quantitative estimate of drug-likeness (QED) is 0.711. The first kappa shape index (κ1) is 10.3. The second-order valence-corrected chi connectivity index (χ2v) is 4.31.